The fourth-order valence-corrected chi connectivity index (χ4v) is 2.75. The average Bonchev–Trinajstić information content (AvgIpc) is 2.88. The molecule has 22 heavy (non-hydrogen) atoms. The van der Waals surface area contributed by atoms with Crippen LogP contribution in [-0.4, -0.2) is 17.5 Å². The average molecular weight is 451 g/mol. The number of hydrogen-bond acceptors (Lipinski definition) is 3. The van der Waals surface area contributed by atoms with Crippen molar-refractivity contribution in [2.75, 3.05) is 6.54 Å². The molecule has 0 saturated heterocycles. The maximum absolute atomic E-state index is 5.98. The molecule has 0 aliphatic carbocycles. The van der Waals surface area contributed by atoms with Crippen molar-refractivity contribution in [1.29, 1.82) is 0 Å². The normalized spacial score (nSPS) is 11.0. The molecule has 0 unspecified atom stereocenters. The number of rotatable bonds is 5. The zero-order valence-electron chi connectivity index (χ0n) is 12.6. The van der Waals surface area contributed by atoms with Gasteiger partial charge in [-0.2, -0.15) is 0 Å². The van der Waals surface area contributed by atoms with Crippen LogP contribution in [0, 0.1) is 6.92 Å². The van der Waals surface area contributed by atoms with E-state index in [0.29, 0.717) is 6.54 Å². The van der Waals surface area contributed by atoms with Crippen LogP contribution in [0.25, 0.3) is 0 Å². The van der Waals surface area contributed by atoms with Crippen molar-refractivity contribution in [2.45, 2.75) is 26.9 Å². The minimum absolute atomic E-state index is 0. The van der Waals surface area contributed by atoms with Crippen LogP contribution in [0.2, 0.25) is 5.02 Å². The fraction of sp³-hybridized carbons (Fsp3) is 0.333. The lowest BCUT2D eigenvalue weighted by Crippen LogP contribution is -2.36. The maximum atomic E-state index is 5.98. The van der Waals surface area contributed by atoms with Crippen molar-refractivity contribution in [3.63, 3.8) is 0 Å². The van der Waals surface area contributed by atoms with Crippen LogP contribution in [0.1, 0.15) is 22.4 Å². The van der Waals surface area contributed by atoms with Crippen LogP contribution >= 0.6 is 46.9 Å². The third-order valence-electron chi connectivity index (χ3n) is 2.75. The molecule has 1 aromatic heterocycles. The number of guanidine groups is 1. The molecule has 0 saturated carbocycles. The second-order valence-corrected chi connectivity index (χ2v) is 6.28. The number of aromatic nitrogens is 1. The number of aryl methyl sites for hydroxylation is 1. The van der Waals surface area contributed by atoms with E-state index in [1.54, 1.807) is 11.3 Å². The summed E-state index contributed by atoms with van der Waals surface area (Å²) in [6.07, 6.45) is 1.90. The highest BCUT2D eigenvalue weighted by molar-refractivity contribution is 14.0. The summed E-state index contributed by atoms with van der Waals surface area (Å²) in [5, 5.41) is 8.36. The molecule has 1 aromatic carbocycles. The summed E-state index contributed by atoms with van der Waals surface area (Å²) < 4.78 is 0. The monoisotopic (exact) mass is 450 g/mol. The lowest BCUT2D eigenvalue weighted by Gasteiger charge is -2.10. The molecule has 0 bridgehead atoms. The largest absolute Gasteiger partial charge is 0.357 e. The Morgan fingerprint density at radius 3 is 2.82 bits per heavy atom. The van der Waals surface area contributed by atoms with E-state index in [2.05, 4.69) is 20.6 Å². The summed E-state index contributed by atoms with van der Waals surface area (Å²) >= 11 is 7.67. The van der Waals surface area contributed by atoms with Gasteiger partial charge in [-0.15, -0.1) is 35.3 Å². The van der Waals surface area contributed by atoms with E-state index in [0.717, 1.165) is 34.6 Å². The fourth-order valence-electron chi connectivity index (χ4n) is 1.81. The molecule has 0 radical (unpaired) electrons. The van der Waals surface area contributed by atoms with Gasteiger partial charge in [-0.05, 0) is 31.5 Å². The molecular formula is C15H20ClIN4S. The molecule has 0 aliphatic heterocycles. The Balaban J connectivity index is 0.00000242. The van der Waals surface area contributed by atoms with Crippen molar-refractivity contribution in [2.24, 2.45) is 4.99 Å². The van der Waals surface area contributed by atoms with Crippen LogP contribution in [0.4, 0.5) is 0 Å². The Bertz CT molecular complexity index is 615. The van der Waals surface area contributed by atoms with E-state index in [-0.39, 0.29) is 24.0 Å². The quantitative estimate of drug-likeness (QED) is 0.412. The Morgan fingerprint density at radius 1 is 1.36 bits per heavy atom. The molecule has 7 heteroatoms. The van der Waals surface area contributed by atoms with Gasteiger partial charge in [0.15, 0.2) is 5.96 Å². The molecule has 0 aliphatic rings. The van der Waals surface area contributed by atoms with Gasteiger partial charge < -0.3 is 10.6 Å². The highest BCUT2D eigenvalue weighted by Crippen LogP contribution is 2.12. The molecule has 2 rings (SSSR count). The van der Waals surface area contributed by atoms with Crippen molar-refractivity contribution in [3.8, 4) is 0 Å². The van der Waals surface area contributed by atoms with E-state index in [1.165, 1.54) is 4.88 Å². The summed E-state index contributed by atoms with van der Waals surface area (Å²) in [6, 6.07) is 7.75. The second kappa shape index (κ2) is 10.0. The van der Waals surface area contributed by atoms with Crippen molar-refractivity contribution in [1.82, 2.24) is 15.6 Å². The Morgan fingerprint density at radius 2 is 2.18 bits per heavy atom. The van der Waals surface area contributed by atoms with Crippen molar-refractivity contribution < 1.29 is 0 Å². The molecular weight excluding hydrogens is 431 g/mol. The molecule has 0 spiro atoms. The molecule has 0 atom stereocenters. The van der Waals surface area contributed by atoms with E-state index >= 15 is 0 Å². The summed E-state index contributed by atoms with van der Waals surface area (Å²) in [4.78, 5) is 10.0. The smallest absolute Gasteiger partial charge is 0.191 e. The van der Waals surface area contributed by atoms with Gasteiger partial charge >= 0.3 is 0 Å². The SMILES string of the molecule is CCNC(=NCc1cccc(Cl)c1)NCc1cnc(C)s1.I. The Labute approximate surface area is 157 Å². The summed E-state index contributed by atoms with van der Waals surface area (Å²) in [5.74, 6) is 0.795. The predicted molar refractivity (Wildman–Crippen MR) is 105 cm³/mol. The third kappa shape index (κ3) is 6.50. The minimum atomic E-state index is 0. The van der Waals surface area contributed by atoms with Gasteiger partial charge in [0.25, 0.3) is 0 Å². The van der Waals surface area contributed by atoms with E-state index in [1.807, 2.05) is 44.3 Å². The van der Waals surface area contributed by atoms with Crippen LogP contribution in [-0.2, 0) is 13.1 Å². The van der Waals surface area contributed by atoms with E-state index < -0.39 is 0 Å². The lowest BCUT2D eigenvalue weighted by atomic mass is 10.2. The lowest BCUT2D eigenvalue weighted by molar-refractivity contribution is 0.822. The van der Waals surface area contributed by atoms with Crippen molar-refractivity contribution >= 4 is 52.9 Å². The first kappa shape index (κ1) is 19.2. The zero-order valence-corrected chi connectivity index (χ0v) is 16.5. The molecule has 1 heterocycles. The van der Waals surface area contributed by atoms with Crippen LogP contribution in [0.15, 0.2) is 35.5 Å². The zero-order chi connectivity index (χ0) is 15.1. The Hall–Kier alpha value is -0.860. The first-order valence-corrected chi connectivity index (χ1v) is 8.04. The van der Waals surface area contributed by atoms with Gasteiger partial charge in [-0.1, -0.05) is 23.7 Å². The molecule has 2 aromatic rings. The van der Waals surface area contributed by atoms with Crippen molar-refractivity contribution in [3.05, 3.63) is 50.9 Å². The highest BCUT2D eigenvalue weighted by atomic mass is 127. The van der Waals surface area contributed by atoms with E-state index in [4.69, 9.17) is 11.6 Å². The topological polar surface area (TPSA) is 49.3 Å². The number of aliphatic imine (C=N–C) groups is 1. The molecule has 0 amide bonds. The molecule has 2 N–H and O–H groups in total. The summed E-state index contributed by atoms with van der Waals surface area (Å²) in [6.45, 7) is 6.20. The number of thiazole rings is 1. The summed E-state index contributed by atoms with van der Waals surface area (Å²) in [7, 11) is 0. The second-order valence-electron chi connectivity index (χ2n) is 4.52. The predicted octanol–water partition coefficient (Wildman–Crippen LogP) is 3.98. The molecule has 0 fully saturated rings. The molecule has 4 nitrogen and oxygen atoms in total. The number of nitrogens with zero attached hydrogens (tertiary/aromatic N) is 2. The highest BCUT2D eigenvalue weighted by Gasteiger charge is 2.01. The number of hydrogen-bond donors (Lipinski definition) is 2. The summed E-state index contributed by atoms with van der Waals surface area (Å²) in [5.41, 5.74) is 1.09. The standard InChI is InChI=1S/C15H19ClN4S.HI/c1-3-17-15(20-10-14-9-18-11(2)21-14)19-8-12-5-4-6-13(16)7-12;/h4-7,9H,3,8,10H2,1-2H3,(H2,17,19,20);1H. The number of benzene rings is 1. The number of halogens is 2. The first-order valence-electron chi connectivity index (χ1n) is 6.85. The maximum Gasteiger partial charge on any atom is 0.191 e. The van der Waals surface area contributed by atoms with E-state index in [9.17, 15) is 0 Å². The van der Waals surface area contributed by atoms with Crippen LogP contribution in [0.3, 0.4) is 0 Å². The third-order valence-corrected chi connectivity index (χ3v) is 3.90. The Kier molecular flexibility index (Phi) is 8.74. The van der Waals surface area contributed by atoms with Gasteiger partial charge in [0.2, 0.25) is 0 Å². The minimum Gasteiger partial charge on any atom is -0.357 e. The molecule has 120 valence electrons. The van der Waals surface area contributed by atoms with Gasteiger partial charge in [0, 0.05) is 22.6 Å². The van der Waals surface area contributed by atoms with Crippen LogP contribution < -0.4 is 10.6 Å². The van der Waals surface area contributed by atoms with Crippen LogP contribution in [0.5, 0.6) is 0 Å². The van der Waals surface area contributed by atoms with Gasteiger partial charge in [-0.3, -0.25) is 0 Å². The van der Waals surface area contributed by atoms with Gasteiger partial charge in [0.05, 0.1) is 18.1 Å². The van der Waals surface area contributed by atoms with Gasteiger partial charge in [0.1, 0.15) is 0 Å². The number of nitrogens with one attached hydrogen (secondary N) is 2. The first-order chi connectivity index (χ1) is 10.2. The van der Waals surface area contributed by atoms with Gasteiger partial charge in [-0.25, -0.2) is 9.98 Å².